The van der Waals surface area contributed by atoms with Crippen LogP contribution >= 0.6 is 0 Å². The van der Waals surface area contributed by atoms with Crippen molar-refractivity contribution in [3.05, 3.63) is 57.9 Å². The minimum Gasteiger partial charge on any atom is -0.490 e. The summed E-state index contributed by atoms with van der Waals surface area (Å²) in [5.74, 6) is 0.601. The number of ether oxygens (including phenoxy) is 3. The number of methoxy groups -OCH3 is 1. The van der Waals surface area contributed by atoms with Crippen LogP contribution < -0.4 is 10.3 Å². The van der Waals surface area contributed by atoms with Crippen LogP contribution in [0.2, 0.25) is 0 Å². The lowest BCUT2D eigenvalue weighted by atomic mass is 10.1. The Bertz CT molecular complexity index is 989. The lowest BCUT2D eigenvalue weighted by Crippen LogP contribution is -2.30. The summed E-state index contributed by atoms with van der Waals surface area (Å²) in [4.78, 5) is 27.8. The molecule has 172 valence electrons. The Labute approximate surface area is 187 Å². The molecule has 32 heavy (non-hydrogen) atoms. The third-order valence-corrected chi connectivity index (χ3v) is 5.96. The molecule has 4 rings (SSSR count). The van der Waals surface area contributed by atoms with E-state index in [-0.39, 0.29) is 17.4 Å². The largest absolute Gasteiger partial charge is 0.490 e. The van der Waals surface area contributed by atoms with Gasteiger partial charge in [-0.3, -0.25) is 9.69 Å². The lowest BCUT2D eigenvalue weighted by molar-refractivity contribution is -0.0114. The first-order valence-electron chi connectivity index (χ1n) is 11.2. The summed E-state index contributed by atoms with van der Waals surface area (Å²) in [5, 5.41) is 0. The van der Waals surface area contributed by atoms with Gasteiger partial charge in [0.2, 0.25) is 0 Å². The molecule has 8 nitrogen and oxygen atoms in total. The van der Waals surface area contributed by atoms with E-state index in [1.807, 2.05) is 24.3 Å². The molecule has 0 N–H and O–H groups in total. The Morgan fingerprint density at radius 3 is 2.94 bits per heavy atom. The molecule has 0 radical (unpaired) electrons. The number of esters is 1. The zero-order chi connectivity index (χ0) is 22.3. The van der Waals surface area contributed by atoms with Crippen LogP contribution in [0.3, 0.4) is 0 Å². The van der Waals surface area contributed by atoms with Crippen molar-refractivity contribution < 1.29 is 23.4 Å². The van der Waals surface area contributed by atoms with Crippen molar-refractivity contribution in [3.8, 4) is 5.75 Å². The number of rotatable bonds is 7. The molecule has 1 atom stereocenters. The fourth-order valence-electron chi connectivity index (χ4n) is 4.24. The van der Waals surface area contributed by atoms with Crippen molar-refractivity contribution in [1.29, 1.82) is 0 Å². The molecule has 4 heterocycles. The zero-order valence-corrected chi connectivity index (χ0v) is 18.5. The first kappa shape index (κ1) is 22.4. The fraction of sp³-hybridized carbons (Fsp3) is 0.500. The molecule has 2 aliphatic heterocycles. The maximum absolute atomic E-state index is 12.9. The molecule has 0 aromatic carbocycles. The highest BCUT2D eigenvalue weighted by atomic mass is 16.5. The molecule has 2 aliphatic rings. The maximum Gasteiger partial charge on any atom is 0.343 e. The number of furan rings is 1. The van der Waals surface area contributed by atoms with Gasteiger partial charge in [0.15, 0.2) is 0 Å². The van der Waals surface area contributed by atoms with Gasteiger partial charge in [-0.1, -0.05) is 6.08 Å². The van der Waals surface area contributed by atoms with Crippen LogP contribution in [0, 0.1) is 0 Å². The van der Waals surface area contributed by atoms with E-state index >= 15 is 0 Å². The predicted molar refractivity (Wildman–Crippen MR) is 119 cm³/mol. The van der Waals surface area contributed by atoms with Crippen LogP contribution in [0.1, 0.15) is 41.1 Å². The van der Waals surface area contributed by atoms with Gasteiger partial charge in [0, 0.05) is 51.0 Å². The molecule has 0 aliphatic carbocycles. The SMILES string of the molecule is COC(=O)c1c(OCC2CCCCO2)cc(=O)n2c1CCN(C/C=C/c1ccco1)CC2. The normalized spacial score (nSPS) is 19.5. The highest BCUT2D eigenvalue weighted by Gasteiger charge is 2.26. The number of carbonyl (C=O) groups is 1. The van der Waals surface area contributed by atoms with E-state index in [2.05, 4.69) is 4.90 Å². The second kappa shape index (κ2) is 10.7. The Morgan fingerprint density at radius 1 is 1.28 bits per heavy atom. The third kappa shape index (κ3) is 5.31. The lowest BCUT2D eigenvalue weighted by Gasteiger charge is -2.24. The average molecular weight is 443 g/mol. The van der Waals surface area contributed by atoms with Crippen LogP contribution in [-0.4, -0.2) is 61.5 Å². The Morgan fingerprint density at radius 2 is 2.19 bits per heavy atom. The van der Waals surface area contributed by atoms with E-state index in [0.717, 1.165) is 38.2 Å². The molecule has 0 bridgehead atoms. The number of carbonyl (C=O) groups excluding carboxylic acids is 1. The van der Waals surface area contributed by atoms with Gasteiger partial charge in [-0.25, -0.2) is 4.79 Å². The van der Waals surface area contributed by atoms with Crippen LogP contribution in [-0.2, 0) is 22.4 Å². The molecule has 0 amide bonds. The average Bonchev–Trinajstić information content (AvgIpc) is 3.24. The summed E-state index contributed by atoms with van der Waals surface area (Å²) < 4.78 is 23.7. The highest BCUT2D eigenvalue weighted by molar-refractivity contribution is 5.93. The van der Waals surface area contributed by atoms with E-state index in [1.54, 1.807) is 10.8 Å². The third-order valence-electron chi connectivity index (χ3n) is 5.96. The van der Waals surface area contributed by atoms with E-state index in [0.29, 0.717) is 43.9 Å². The Kier molecular flexibility index (Phi) is 7.44. The quantitative estimate of drug-likeness (QED) is 0.610. The maximum atomic E-state index is 12.9. The summed E-state index contributed by atoms with van der Waals surface area (Å²) in [7, 11) is 1.35. The van der Waals surface area contributed by atoms with Crippen LogP contribution in [0.5, 0.6) is 5.75 Å². The van der Waals surface area contributed by atoms with Crippen LogP contribution in [0.25, 0.3) is 6.08 Å². The molecule has 0 spiro atoms. The van der Waals surface area contributed by atoms with Gasteiger partial charge < -0.3 is 23.2 Å². The van der Waals surface area contributed by atoms with Crippen molar-refractivity contribution >= 4 is 12.0 Å². The predicted octanol–water partition coefficient (Wildman–Crippen LogP) is 2.75. The summed E-state index contributed by atoms with van der Waals surface area (Å²) in [6.07, 6.45) is 9.20. The number of aromatic nitrogens is 1. The number of hydrogen-bond donors (Lipinski definition) is 0. The topological polar surface area (TPSA) is 83.1 Å². The summed E-state index contributed by atoms with van der Waals surface area (Å²) >= 11 is 0. The minimum atomic E-state index is -0.487. The molecule has 1 unspecified atom stereocenters. The number of hydrogen-bond acceptors (Lipinski definition) is 7. The van der Waals surface area contributed by atoms with E-state index in [4.69, 9.17) is 18.6 Å². The molecule has 0 saturated carbocycles. The van der Waals surface area contributed by atoms with Crippen molar-refractivity contribution in [1.82, 2.24) is 9.47 Å². The van der Waals surface area contributed by atoms with Gasteiger partial charge in [0.05, 0.1) is 19.5 Å². The minimum absolute atomic E-state index is 0.0211. The van der Waals surface area contributed by atoms with Crippen LogP contribution in [0.4, 0.5) is 0 Å². The summed E-state index contributed by atoms with van der Waals surface area (Å²) in [6, 6.07) is 5.16. The molecule has 1 saturated heterocycles. The molecule has 8 heteroatoms. The highest BCUT2D eigenvalue weighted by Crippen LogP contribution is 2.25. The van der Waals surface area contributed by atoms with Gasteiger partial charge in [-0.2, -0.15) is 0 Å². The molecular formula is C24H30N2O6. The molecule has 1 fully saturated rings. The summed E-state index contributed by atoms with van der Waals surface area (Å²) in [5.41, 5.74) is 0.845. The zero-order valence-electron chi connectivity index (χ0n) is 18.5. The van der Waals surface area contributed by atoms with Gasteiger partial charge in [-0.15, -0.1) is 0 Å². The van der Waals surface area contributed by atoms with Gasteiger partial charge >= 0.3 is 5.97 Å². The van der Waals surface area contributed by atoms with Gasteiger partial charge in [0.1, 0.15) is 23.7 Å². The first-order valence-corrected chi connectivity index (χ1v) is 11.2. The van der Waals surface area contributed by atoms with Crippen molar-refractivity contribution in [2.24, 2.45) is 0 Å². The summed E-state index contributed by atoms with van der Waals surface area (Å²) in [6.45, 7) is 3.66. The standard InChI is InChI=1S/C24H30N2O6/c1-29-24(28)23-20-9-11-25(10-4-7-18-8-5-15-30-18)12-13-26(20)22(27)16-21(23)32-17-19-6-2-3-14-31-19/h4-5,7-8,15-16,19H,2-3,6,9-14,17H2,1H3/b7-4+. The van der Waals surface area contributed by atoms with Gasteiger partial charge in [-0.05, 0) is 37.5 Å². The fourth-order valence-corrected chi connectivity index (χ4v) is 4.24. The van der Waals surface area contributed by atoms with E-state index in [1.165, 1.54) is 13.2 Å². The van der Waals surface area contributed by atoms with E-state index in [9.17, 15) is 9.59 Å². The van der Waals surface area contributed by atoms with Crippen molar-refractivity contribution in [2.75, 3.05) is 40.0 Å². The van der Waals surface area contributed by atoms with Crippen molar-refractivity contribution in [3.63, 3.8) is 0 Å². The first-order chi connectivity index (χ1) is 15.7. The van der Waals surface area contributed by atoms with Crippen molar-refractivity contribution in [2.45, 2.75) is 38.3 Å². The number of nitrogens with zero attached hydrogens (tertiary/aromatic N) is 2. The van der Waals surface area contributed by atoms with Gasteiger partial charge in [0.25, 0.3) is 5.56 Å². The number of pyridine rings is 1. The smallest absolute Gasteiger partial charge is 0.343 e. The molecular weight excluding hydrogens is 412 g/mol. The second-order valence-electron chi connectivity index (χ2n) is 8.08. The molecule has 2 aromatic heterocycles. The Balaban J connectivity index is 1.51. The van der Waals surface area contributed by atoms with Crippen LogP contribution in [0.15, 0.2) is 39.7 Å². The number of fused-ring (bicyclic) bond motifs is 1. The second-order valence-corrected chi connectivity index (χ2v) is 8.08. The molecule has 2 aromatic rings. The Hall–Kier alpha value is -2.84. The van der Waals surface area contributed by atoms with E-state index < -0.39 is 5.97 Å². The monoisotopic (exact) mass is 442 g/mol.